The van der Waals surface area contributed by atoms with Crippen molar-refractivity contribution in [1.82, 2.24) is 5.32 Å². The van der Waals surface area contributed by atoms with Crippen LogP contribution in [0, 0.1) is 0 Å². The van der Waals surface area contributed by atoms with Gasteiger partial charge in [0.05, 0.1) is 12.2 Å². The highest BCUT2D eigenvalue weighted by molar-refractivity contribution is 4.76. The van der Waals surface area contributed by atoms with Crippen molar-refractivity contribution in [3.05, 3.63) is 0 Å². The average Bonchev–Trinajstić information content (AvgIpc) is 2.21. The van der Waals surface area contributed by atoms with Crippen molar-refractivity contribution < 1.29 is 10.2 Å². The van der Waals surface area contributed by atoms with Crippen LogP contribution in [0.3, 0.4) is 0 Å². The molecule has 0 aromatic carbocycles. The second kappa shape index (κ2) is 6.38. The van der Waals surface area contributed by atoms with E-state index >= 15 is 0 Å². The second-order valence-corrected chi connectivity index (χ2v) is 4.31. The molecule has 0 amide bonds. The Morgan fingerprint density at radius 3 is 2.50 bits per heavy atom. The topological polar surface area (TPSA) is 52.5 Å². The largest absolute Gasteiger partial charge is 0.393 e. The molecule has 3 heteroatoms. The van der Waals surface area contributed by atoms with Gasteiger partial charge in [0.2, 0.25) is 0 Å². The van der Waals surface area contributed by atoms with Gasteiger partial charge in [0, 0.05) is 6.04 Å². The van der Waals surface area contributed by atoms with Crippen LogP contribution in [-0.4, -0.2) is 35.0 Å². The van der Waals surface area contributed by atoms with Crippen molar-refractivity contribution in [2.24, 2.45) is 0 Å². The summed E-state index contributed by atoms with van der Waals surface area (Å²) < 4.78 is 0. The number of hydrogen-bond donors (Lipinski definition) is 3. The highest BCUT2D eigenvalue weighted by Crippen LogP contribution is 2.18. The van der Waals surface area contributed by atoms with Crippen LogP contribution in [0.2, 0.25) is 0 Å². The fourth-order valence-corrected chi connectivity index (χ4v) is 1.94. The third-order valence-corrected chi connectivity index (χ3v) is 3.08. The van der Waals surface area contributed by atoms with Gasteiger partial charge in [-0.3, -0.25) is 0 Å². The molecule has 0 aromatic rings. The molecule has 0 radical (unpaired) electrons. The van der Waals surface area contributed by atoms with Gasteiger partial charge in [0.1, 0.15) is 0 Å². The van der Waals surface area contributed by atoms with E-state index < -0.39 is 0 Å². The van der Waals surface area contributed by atoms with Gasteiger partial charge in [-0.2, -0.15) is 0 Å². The summed E-state index contributed by atoms with van der Waals surface area (Å²) in [6.45, 7) is 2.90. The second-order valence-electron chi connectivity index (χ2n) is 4.31. The van der Waals surface area contributed by atoms with Crippen molar-refractivity contribution in [1.29, 1.82) is 0 Å². The van der Waals surface area contributed by atoms with E-state index in [0.717, 1.165) is 45.1 Å². The van der Waals surface area contributed by atoms with Crippen molar-refractivity contribution in [2.45, 2.75) is 63.7 Å². The van der Waals surface area contributed by atoms with E-state index in [-0.39, 0.29) is 12.2 Å². The minimum absolute atomic E-state index is 0.0747. The summed E-state index contributed by atoms with van der Waals surface area (Å²) in [4.78, 5) is 0. The van der Waals surface area contributed by atoms with E-state index in [1.54, 1.807) is 0 Å². The lowest BCUT2D eigenvalue weighted by atomic mass is 9.93. The van der Waals surface area contributed by atoms with E-state index in [0.29, 0.717) is 6.04 Å². The Morgan fingerprint density at radius 2 is 1.93 bits per heavy atom. The van der Waals surface area contributed by atoms with E-state index in [9.17, 15) is 10.2 Å². The molecule has 14 heavy (non-hydrogen) atoms. The maximum atomic E-state index is 9.35. The zero-order valence-corrected chi connectivity index (χ0v) is 9.08. The van der Waals surface area contributed by atoms with Gasteiger partial charge in [-0.05, 0) is 45.1 Å². The van der Waals surface area contributed by atoms with Crippen molar-refractivity contribution in [3.63, 3.8) is 0 Å². The molecule has 1 fully saturated rings. The van der Waals surface area contributed by atoms with Gasteiger partial charge >= 0.3 is 0 Å². The Labute approximate surface area is 86.5 Å². The predicted octanol–water partition coefficient (Wildman–Crippen LogP) is 1.04. The zero-order chi connectivity index (χ0) is 10.4. The van der Waals surface area contributed by atoms with Crippen LogP contribution in [0.15, 0.2) is 0 Å². The third kappa shape index (κ3) is 4.40. The highest BCUT2D eigenvalue weighted by atomic mass is 16.3. The van der Waals surface area contributed by atoms with E-state index in [1.165, 1.54) is 0 Å². The average molecular weight is 201 g/mol. The number of aliphatic hydroxyl groups is 2. The summed E-state index contributed by atoms with van der Waals surface area (Å²) in [6.07, 6.45) is 5.45. The van der Waals surface area contributed by atoms with Crippen LogP contribution in [0.1, 0.15) is 45.4 Å². The molecule has 0 bridgehead atoms. The van der Waals surface area contributed by atoms with Gasteiger partial charge in [-0.1, -0.05) is 6.92 Å². The summed E-state index contributed by atoms with van der Waals surface area (Å²) in [6, 6.07) is 0.558. The van der Waals surface area contributed by atoms with Gasteiger partial charge in [0.15, 0.2) is 0 Å². The van der Waals surface area contributed by atoms with Crippen LogP contribution < -0.4 is 5.32 Å². The number of nitrogens with one attached hydrogen (secondary N) is 1. The molecular formula is C11H23NO2. The maximum absolute atomic E-state index is 9.35. The van der Waals surface area contributed by atoms with Gasteiger partial charge in [-0.25, -0.2) is 0 Å². The Morgan fingerprint density at radius 1 is 1.29 bits per heavy atom. The van der Waals surface area contributed by atoms with Crippen LogP contribution >= 0.6 is 0 Å². The lowest BCUT2D eigenvalue weighted by Crippen LogP contribution is -2.36. The highest BCUT2D eigenvalue weighted by Gasteiger charge is 2.18. The normalized spacial score (nSPS) is 30.2. The lowest BCUT2D eigenvalue weighted by molar-refractivity contribution is 0.113. The fourth-order valence-electron chi connectivity index (χ4n) is 1.94. The summed E-state index contributed by atoms with van der Waals surface area (Å²) in [5, 5.41) is 22.1. The lowest BCUT2D eigenvalue weighted by Gasteiger charge is -2.26. The molecule has 3 nitrogen and oxygen atoms in total. The quantitative estimate of drug-likeness (QED) is 0.623. The first-order valence-electron chi connectivity index (χ1n) is 5.82. The number of aliphatic hydroxyl groups excluding tert-OH is 2. The molecule has 0 spiro atoms. The molecule has 1 saturated carbocycles. The summed E-state index contributed by atoms with van der Waals surface area (Å²) >= 11 is 0. The monoisotopic (exact) mass is 201 g/mol. The SMILES string of the molecule is CCC(O)CCNC1CCC(O)CC1. The Balaban J connectivity index is 2.02. The molecule has 1 atom stereocenters. The molecule has 1 aliphatic rings. The van der Waals surface area contributed by atoms with Crippen LogP contribution in [0.25, 0.3) is 0 Å². The molecule has 84 valence electrons. The first kappa shape index (κ1) is 12.0. The van der Waals surface area contributed by atoms with Crippen LogP contribution in [-0.2, 0) is 0 Å². The van der Waals surface area contributed by atoms with E-state index in [1.807, 2.05) is 6.92 Å². The zero-order valence-electron chi connectivity index (χ0n) is 9.08. The van der Waals surface area contributed by atoms with Gasteiger partial charge in [0.25, 0.3) is 0 Å². The summed E-state index contributed by atoms with van der Waals surface area (Å²) in [5.41, 5.74) is 0. The van der Waals surface area contributed by atoms with Crippen molar-refractivity contribution in [2.75, 3.05) is 6.54 Å². The number of rotatable bonds is 5. The van der Waals surface area contributed by atoms with Gasteiger partial charge in [-0.15, -0.1) is 0 Å². The predicted molar refractivity (Wildman–Crippen MR) is 57.2 cm³/mol. The first-order chi connectivity index (χ1) is 6.72. The van der Waals surface area contributed by atoms with Crippen LogP contribution in [0.5, 0.6) is 0 Å². The Hall–Kier alpha value is -0.120. The number of hydrogen-bond acceptors (Lipinski definition) is 3. The minimum Gasteiger partial charge on any atom is -0.393 e. The minimum atomic E-state index is -0.156. The molecule has 0 aromatic heterocycles. The molecule has 3 N–H and O–H groups in total. The van der Waals surface area contributed by atoms with Gasteiger partial charge < -0.3 is 15.5 Å². The van der Waals surface area contributed by atoms with E-state index in [2.05, 4.69) is 5.32 Å². The third-order valence-electron chi connectivity index (χ3n) is 3.08. The fraction of sp³-hybridized carbons (Fsp3) is 1.00. The van der Waals surface area contributed by atoms with Crippen LogP contribution in [0.4, 0.5) is 0 Å². The van der Waals surface area contributed by atoms with E-state index in [4.69, 9.17) is 0 Å². The summed E-state index contributed by atoms with van der Waals surface area (Å²) in [7, 11) is 0. The molecule has 0 aliphatic heterocycles. The standard InChI is InChI=1S/C11H23NO2/c1-2-10(13)7-8-12-9-3-5-11(14)6-4-9/h9-14H,2-8H2,1H3. The molecule has 1 unspecified atom stereocenters. The molecule has 1 aliphatic carbocycles. The summed E-state index contributed by atoms with van der Waals surface area (Å²) in [5.74, 6) is 0. The molecule has 0 saturated heterocycles. The van der Waals surface area contributed by atoms with Crippen molar-refractivity contribution in [3.8, 4) is 0 Å². The smallest absolute Gasteiger partial charge is 0.0549 e. The molecular weight excluding hydrogens is 178 g/mol. The van der Waals surface area contributed by atoms with Crippen molar-refractivity contribution >= 4 is 0 Å². The Bertz CT molecular complexity index is 144. The maximum Gasteiger partial charge on any atom is 0.0549 e. The Kier molecular flexibility index (Phi) is 5.45. The molecule has 1 rings (SSSR count). The molecule has 0 heterocycles. The first-order valence-corrected chi connectivity index (χ1v) is 5.82.